The zero-order valence-electron chi connectivity index (χ0n) is 22.0. The first kappa shape index (κ1) is 27.8. The fourth-order valence-corrected chi connectivity index (χ4v) is 8.12. The number of phenols is 1. The Morgan fingerprint density at radius 2 is 1.71 bits per heavy atom. The summed E-state index contributed by atoms with van der Waals surface area (Å²) in [6.07, 6.45) is 1.71. The fraction of sp³-hybridized carbons (Fsp3) is 0.357. The molecular weight excluding hydrogens is 574 g/mol. The third kappa shape index (κ3) is 3.52. The molecule has 0 bridgehead atoms. The van der Waals surface area contributed by atoms with Gasteiger partial charge in [0.2, 0.25) is 11.8 Å². The smallest absolute Gasteiger partial charge is 0.488 e. The van der Waals surface area contributed by atoms with Crippen molar-refractivity contribution >= 4 is 65.1 Å². The van der Waals surface area contributed by atoms with Crippen molar-refractivity contribution in [3.63, 3.8) is 0 Å². The average molecular weight is 599 g/mol. The number of hydrogen-bond acceptors (Lipinski definition) is 8. The molecule has 0 radical (unpaired) electrons. The third-order valence-electron chi connectivity index (χ3n) is 9.00. The van der Waals surface area contributed by atoms with Gasteiger partial charge in [-0.15, -0.1) is 23.2 Å². The summed E-state index contributed by atoms with van der Waals surface area (Å²) in [5, 5.41) is 30.4. The van der Waals surface area contributed by atoms with Crippen LogP contribution in [0.3, 0.4) is 0 Å². The lowest BCUT2D eigenvalue weighted by atomic mass is 9.56. The van der Waals surface area contributed by atoms with E-state index in [1.54, 1.807) is 18.2 Å². The number of hydrogen-bond donors (Lipinski definition) is 3. The lowest BCUT2D eigenvalue weighted by Gasteiger charge is -2.50. The van der Waals surface area contributed by atoms with Gasteiger partial charge in [0.25, 0.3) is 11.8 Å². The van der Waals surface area contributed by atoms with Gasteiger partial charge in [-0.3, -0.25) is 29.0 Å². The summed E-state index contributed by atoms with van der Waals surface area (Å²) in [6.45, 7) is 0. The molecule has 4 amide bonds. The van der Waals surface area contributed by atoms with Crippen LogP contribution in [0.25, 0.3) is 0 Å². The van der Waals surface area contributed by atoms with Crippen LogP contribution < -0.4 is 15.1 Å². The van der Waals surface area contributed by atoms with Crippen molar-refractivity contribution in [1.29, 1.82) is 0 Å². The molecule has 6 atom stereocenters. The van der Waals surface area contributed by atoms with Crippen molar-refractivity contribution in [2.45, 2.75) is 28.5 Å². The van der Waals surface area contributed by atoms with Crippen LogP contribution in [0.2, 0.25) is 0 Å². The molecule has 2 aromatic carbocycles. The SMILES string of the molecule is COc1cccc([C@H]2C3=CC[C@@H]4C(=O)N(c5cccc(B(O)O)c5)C(=O)[C@@H]4[C@@H]3C[C@@]3(Cl)C(=O)N(C)C(=O)[C@@]23Cl)c1O. The van der Waals surface area contributed by atoms with E-state index in [1.807, 2.05) is 0 Å². The number of allylic oxidation sites excluding steroid dienone is 2. The van der Waals surface area contributed by atoms with Crippen molar-refractivity contribution in [2.75, 3.05) is 19.1 Å². The van der Waals surface area contributed by atoms with Gasteiger partial charge in [0.15, 0.2) is 21.2 Å². The normalized spacial score (nSPS) is 32.5. The number of fused-ring (bicyclic) bond motifs is 4. The van der Waals surface area contributed by atoms with Gasteiger partial charge < -0.3 is 19.9 Å². The van der Waals surface area contributed by atoms with E-state index in [0.717, 1.165) is 9.80 Å². The van der Waals surface area contributed by atoms with Gasteiger partial charge in [-0.1, -0.05) is 35.9 Å². The molecule has 6 rings (SSSR count). The highest BCUT2D eigenvalue weighted by atomic mass is 35.5. The maximum absolute atomic E-state index is 14.0. The van der Waals surface area contributed by atoms with E-state index < -0.39 is 64.2 Å². The van der Waals surface area contributed by atoms with E-state index in [0.29, 0.717) is 5.57 Å². The molecule has 1 saturated carbocycles. The number of carbonyl (C=O) groups is 4. The number of halogens is 2. The first-order valence-corrected chi connectivity index (χ1v) is 13.7. The first-order chi connectivity index (χ1) is 19.4. The number of alkyl halides is 2. The predicted molar refractivity (Wildman–Crippen MR) is 149 cm³/mol. The van der Waals surface area contributed by atoms with Gasteiger partial charge in [0.05, 0.1) is 24.6 Å². The molecule has 212 valence electrons. The number of carbonyl (C=O) groups excluding carboxylic acids is 4. The Labute approximate surface area is 245 Å². The van der Waals surface area contributed by atoms with Crippen molar-refractivity contribution in [3.05, 3.63) is 59.7 Å². The number of aromatic hydroxyl groups is 1. The molecule has 2 aromatic rings. The minimum Gasteiger partial charge on any atom is -0.504 e. The Hall–Kier alpha value is -3.38. The van der Waals surface area contributed by atoms with Crippen molar-refractivity contribution in [3.8, 4) is 11.5 Å². The molecule has 2 heterocycles. The summed E-state index contributed by atoms with van der Waals surface area (Å²) in [6, 6.07) is 10.5. The summed E-state index contributed by atoms with van der Waals surface area (Å²) in [5.41, 5.74) is 1.01. The Morgan fingerprint density at radius 3 is 2.39 bits per heavy atom. The number of anilines is 1. The lowest BCUT2D eigenvalue weighted by molar-refractivity contribution is -0.138. The third-order valence-corrected chi connectivity index (χ3v) is 10.4. The van der Waals surface area contributed by atoms with Crippen LogP contribution in [0.1, 0.15) is 24.3 Å². The number of ether oxygens (including phenoxy) is 1. The van der Waals surface area contributed by atoms with Crippen LogP contribution in [0.15, 0.2) is 54.1 Å². The minimum atomic E-state index is -2.03. The second-order valence-electron chi connectivity index (χ2n) is 10.9. The second kappa shape index (κ2) is 9.32. The molecule has 3 fully saturated rings. The van der Waals surface area contributed by atoms with Gasteiger partial charge in [0.1, 0.15) is 0 Å². The van der Waals surface area contributed by atoms with E-state index >= 15 is 0 Å². The minimum absolute atomic E-state index is 0.104. The van der Waals surface area contributed by atoms with E-state index in [-0.39, 0.29) is 41.1 Å². The van der Waals surface area contributed by atoms with Crippen molar-refractivity contribution in [2.24, 2.45) is 17.8 Å². The molecule has 41 heavy (non-hydrogen) atoms. The number of amides is 4. The molecule has 3 N–H and O–H groups in total. The molecule has 2 aliphatic heterocycles. The predicted octanol–water partition coefficient (Wildman–Crippen LogP) is 1.27. The van der Waals surface area contributed by atoms with Gasteiger partial charge in [-0.2, -0.15) is 0 Å². The van der Waals surface area contributed by atoms with Crippen molar-refractivity contribution in [1.82, 2.24) is 4.90 Å². The van der Waals surface area contributed by atoms with Crippen LogP contribution in [0.5, 0.6) is 11.5 Å². The first-order valence-electron chi connectivity index (χ1n) is 13.0. The maximum Gasteiger partial charge on any atom is 0.488 e. The Bertz CT molecular complexity index is 1570. The molecule has 2 saturated heterocycles. The quantitative estimate of drug-likeness (QED) is 0.207. The van der Waals surface area contributed by atoms with Crippen LogP contribution in [-0.4, -0.2) is 74.7 Å². The lowest BCUT2D eigenvalue weighted by Crippen LogP contribution is -2.60. The van der Waals surface area contributed by atoms with Crippen LogP contribution in [0.4, 0.5) is 5.69 Å². The Balaban J connectivity index is 1.51. The molecule has 13 heteroatoms. The maximum atomic E-state index is 14.0. The van der Waals surface area contributed by atoms with E-state index in [2.05, 4.69) is 0 Å². The summed E-state index contributed by atoms with van der Waals surface area (Å²) in [7, 11) is 0.855. The number of rotatable bonds is 4. The number of imide groups is 2. The Morgan fingerprint density at radius 1 is 1.00 bits per heavy atom. The van der Waals surface area contributed by atoms with Gasteiger partial charge in [-0.05, 0) is 42.4 Å². The Kier molecular flexibility index (Phi) is 6.31. The summed E-state index contributed by atoms with van der Waals surface area (Å²) in [4.78, 5) is 52.7. The topological polar surface area (TPSA) is 145 Å². The number of nitrogens with zero attached hydrogens (tertiary/aromatic N) is 2. The highest BCUT2D eigenvalue weighted by Gasteiger charge is 2.76. The largest absolute Gasteiger partial charge is 0.504 e. The number of benzene rings is 2. The van der Waals surface area contributed by atoms with Gasteiger partial charge in [-0.25, -0.2) is 0 Å². The molecule has 10 nitrogen and oxygen atoms in total. The van der Waals surface area contributed by atoms with Crippen LogP contribution >= 0.6 is 23.2 Å². The van der Waals surface area contributed by atoms with Crippen LogP contribution in [-0.2, 0) is 19.2 Å². The molecule has 4 aliphatic rings. The summed E-state index contributed by atoms with van der Waals surface area (Å²) < 4.78 is 5.29. The van der Waals surface area contributed by atoms with E-state index in [9.17, 15) is 34.3 Å². The number of likely N-dealkylation sites (tertiary alicyclic amines) is 1. The molecular formula is C28H25BCl2N2O8. The van der Waals surface area contributed by atoms with Crippen molar-refractivity contribution < 1.29 is 39.1 Å². The molecule has 0 unspecified atom stereocenters. The zero-order chi connectivity index (χ0) is 29.6. The van der Waals surface area contributed by atoms with E-state index in [1.165, 1.54) is 44.5 Å². The average Bonchev–Trinajstić information content (AvgIpc) is 3.28. The van der Waals surface area contributed by atoms with Gasteiger partial charge in [0, 0.05) is 18.5 Å². The summed E-state index contributed by atoms with van der Waals surface area (Å²) in [5.74, 6) is -6.26. The standard InChI is InChI=1S/C28H25BCl2N2O8/c1-32-25(37)27(30)12-18-15(21(28(27,31)26(32)38)17-7-4-8-19(41-2)22(17)34)9-10-16-20(18)24(36)33(23(16)35)14-6-3-5-13(11-14)29(39)40/h3-9,11,16,18,20-21,34,39-40H,10,12H2,1-2H3/t16-,18+,20-,21+,27+,28-/m0/s1. The highest BCUT2D eigenvalue weighted by molar-refractivity contribution is 6.58. The monoisotopic (exact) mass is 598 g/mol. The second-order valence-corrected chi connectivity index (χ2v) is 12.1. The molecule has 0 spiro atoms. The molecule has 0 aromatic heterocycles. The highest BCUT2D eigenvalue weighted by Crippen LogP contribution is 2.66. The number of phenolic OH excluding ortho intramolecular Hbond substituents is 1. The van der Waals surface area contributed by atoms with E-state index in [4.69, 9.17) is 27.9 Å². The summed E-state index contributed by atoms with van der Waals surface area (Å²) >= 11 is 14.3. The van der Waals surface area contributed by atoms with Crippen LogP contribution in [0, 0.1) is 17.8 Å². The fourth-order valence-electron chi connectivity index (χ4n) is 7.11. The number of methoxy groups -OCH3 is 1. The van der Waals surface area contributed by atoms with Gasteiger partial charge >= 0.3 is 7.12 Å². The molecule has 2 aliphatic carbocycles. The zero-order valence-corrected chi connectivity index (χ0v) is 23.5. The number of para-hydroxylation sites is 1.